The molecule has 0 radical (unpaired) electrons. The number of pyridine rings is 1. The molecule has 0 spiro atoms. The molecule has 3 aromatic rings. The SMILES string of the molecule is O=C(CC(c1ccccc1)c1ccccc1)N1CCN(Cc2ccncc2)CC1. The minimum absolute atomic E-state index is 0.0970. The molecule has 1 aliphatic rings. The molecule has 29 heavy (non-hydrogen) atoms. The fourth-order valence-electron chi connectivity index (χ4n) is 4.00. The number of hydrogen-bond donors (Lipinski definition) is 0. The van der Waals surface area contributed by atoms with Gasteiger partial charge in [-0.1, -0.05) is 60.7 Å². The molecule has 1 fully saturated rings. The molecule has 4 heteroatoms. The number of carbonyl (C=O) groups excluding carboxylic acids is 1. The third kappa shape index (κ3) is 5.09. The number of amides is 1. The van der Waals surface area contributed by atoms with Crippen molar-refractivity contribution in [3.63, 3.8) is 0 Å². The van der Waals surface area contributed by atoms with E-state index < -0.39 is 0 Å². The number of nitrogens with zero attached hydrogens (tertiary/aromatic N) is 3. The molecule has 0 aliphatic carbocycles. The molecule has 0 N–H and O–H groups in total. The molecule has 4 rings (SSSR count). The van der Waals surface area contributed by atoms with E-state index in [1.807, 2.05) is 53.7 Å². The number of benzene rings is 2. The highest BCUT2D eigenvalue weighted by Gasteiger charge is 2.25. The fourth-order valence-corrected chi connectivity index (χ4v) is 4.00. The maximum Gasteiger partial charge on any atom is 0.223 e. The highest BCUT2D eigenvalue weighted by molar-refractivity contribution is 5.78. The highest BCUT2D eigenvalue weighted by Crippen LogP contribution is 2.28. The first-order valence-corrected chi connectivity index (χ1v) is 10.3. The molecule has 1 saturated heterocycles. The maximum atomic E-state index is 13.1. The molecule has 2 aromatic carbocycles. The van der Waals surface area contributed by atoms with Crippen molar-refractivity contribution in [1.29, 1.82) is 0 Å². The molecular formula is C25H27N3O. The van der Waals surface area contributed by atoms with Crippen molar-refractivity contribution in [3.8, 4) is 0 Å². The fraction of sp³-hybridized carbons (Fsp3) is 0.280. The van der Waals surface area contributed by atoms with Crippen molar-refractivity contribution in [2.75, 3.05) is 26.2 Å². The molecule has 2 heterocycles. The van der Waals surface area contributed by atoms with Gasteiger partial charge in [-0.15, -0.1) is 0 Å². The first-order chi connectivity index (χ1) is 14.3. The van der Waals surface area contributed by atoms with E-state index in [4.69, 9.17) is 0 Å². The van der Waals surface area contributed by atoms with Crippen LogP contribution in [-0.4, -0.2) is 46.9 Å². The number of hydrogen-bond acceptors (Lipinski definition) is 3. The van der Waals surface area contributed by atoms with Crippen LogP contribution in [0.4, 0.5) is 0 Å². The van der Waals surface area contributed by atoms with Gasteiger partial charge in [0.15, 0.2) is 0 Å². The molecule has 0 unspecified atom stereocenters. The number of carbonyl (C=O) groups is 1. The van der Waals surface area contributed by atoms with E-state index in [0.29, 0.717) is 6.42 Å². The molecule has 1 aromatic heterocycles. The van der Waals surface area contributed by atoms with Gasteiger partial charge in [-0.25, -0.2) is 0 Å². The monoisotopic (exact) mass is 385 g/mol. The van der Waals surface area contributed by atoms with Gasteiger partial charge < -0.3 is 4.90 Å². The lowest BCUT2D eigenvalue weighted by atomic mass is 9.88. The van der Waals surface area contributed by atoms with Gasteiger partial charge in [0, 0.05) is 57.5 Å². The van der Waals surface area contributed by atoms with Crippen molar-refractivity contribution in [1.82, 2.24) is 14.8 Å². The summed E-state index contributed by atoms with van der Waals surface area (Å²) >= 11 is 0. The number of piperazine rings is 1. The molecule has 4 nitrogen and oxygen atoms in total. The highest BCUT2D eigenvalue weighted by atomic mass is 16.2. The van der Waals surface area contributed by atoms with Crippen LogP contribution >= 0.6 is 0 Å². The lowest BCUT2D eigenvalue weighted by molar-refractivity contribution is -0.133. The molecule has 1 aliphatic heterocycles. The van der Waals surface area contributed by atoms with E-state index in [2.05, 4.69) is 46.3 Å². The van der Waals surface area contributed by atoms with Crippen LogP contribution in [0.25, 0.3) is 0 Å². The van der Waals surface area contributed by atoms with Crippen molar-refractivity contribution >= 4 is 5.91 Å². The summed E-state index contributed by atoms with van der Waals surface area (Å²) in [5.41, 5.74) is 3.67. The average Bonchev–Trinajstić information content (AvgIpc) is 2.80. The second-order valence-electron chi connectivity index (χ2n) is 7.59. The summed E-state index contributed by atoms with van der Waals surface area (Å²) < 4.78 is 0. The first kappa shape index (κ1) is 19.3. The number of rotatable bonds is 6. The van der Waals surface area contributed by atoms with Crippen molar-refractivity contribution in [2.45, 2.75) is 18.9 Å². The summed E-state index contributed by atoms with van der Waals surface area (Å²) in [7, 11) is 0. The Morgan fingerprint density at radius 1 is 0.793 bits per heavy atom. The molecular weight excluding hydrogens is 358 g/mol. The van der Waals surface area contributed by atoms with Gasteiger partial charge in [-0.2, -0.15) is 0 Å². The van der Waals surface area contributed by atoms with Crippen molar-refractivity contribution < 1.29 is 4.79 Å². The minimum Gasteiger partial charge on any atom is -0.340 e. The van der Waals surface area contributed by atoms with Gasteiger partial charge in [-0.3, -0.25) is 14.7 Å². The summed E-state index contributed by atoms with van der Waals surface area (Å²) in [5.74, 6) is 0.339. The van der Waals surface area contributed by atoms with E-state index in [9.17, 15) is 4.79 Å². The van der Waals surface area contributed by atoms with Crippen LogP contribution in [0.3, 0.4) is 0 Å². The lowest BCUT2D eigenvalue weighted by Crippen LogP contribution is -2.48. The predicted molar refractivity (Wildman–Crippen MR) is 115 cm³/mol. The number of aromatic nitrogens is 1. The van der Waals surface area contributed by atoms with Crippen molar-refractivity contribution in [2.24, 2.45) is 0 Å². The van der Waals surface area contributed by atoms with Gasteiger partial charge >= 0.3 is 0 Å². The average molecular weight is 386 g/mol. The molecule has 0 bridgehead atoms. The molecule has 148 valence electrons. The van der Waals surface area contributed by atoms with Gasteiger partial charge in [-0.05, 0) is 28.8 Å². The van der Waals surface area contributed by atoms with Crippen LogP contribution in [0.2, 0.25) is 0 Å². The summed E-state index contributed by atoms with van der Waals surface area (Å²) in [6, 6.07) is 24.8. The van der Waals surface area contributed by atoms with Crippen LogP contribution in [0.1, 0.15) is 29.0 Å². The van der Waals surface area contributed by atoms with Crippen LogP contribution in [0.15, 0.2) is 85.2 Å². The van der Waals surface area contributed by atoms with Crippen LogP contribution in [0.5, 0.6) is 0 Å². The van der Waals surface area contributed by atoms with E-state index >= 15 is 0 Å². The Bertz CT molecular complexity index is 852. The van der Waals surface area contributed by atoms with Gasteiger partial charge in [0.2, 0.25) is 5.91 Å². The van der Waals surface area contributed by atoms with Crippen LogP contribution in [-0.2, 0) is 11.3 Å². The summed E-state index contributed by atoms with van der Waals surface area (Å²) in [5, 5.41) is 0. The van der Waals surface area contributed by atoms with Crippen LogP contribution in [0, 0.1) is 0 Å². The molecule has 1 amide bonds. The van der Waals surface area contributed by atoms with E-state index in [0.717, 1.165) is 32.7 Å². The third-order valence-electron chi connectivity index (χ3n) is 5.66. The smallest absolute Gasteiger partial charge is 0.223 e. The summed E-state index contributed by atoms with van der Waals surface area (Å²) in [6.07, 6.45) is 4.18. The summed E-state index contributed by atoms with van der Waals surface area (Å²) in [4.78, 5) is 21.6. The Balaban J connectivity index is 1.39. The summed E-state index contributed by atoms with van der Waals surface area (Å²) in [6.45, 7) is 4.33. The molecule has 0 atom stereocenters. The normalized spacial score (nSPS) is 14.9. The van der Waals surface area contributed by atoms with Crippen LogP contribution < -0.4 is 0 Å². The minimum atomic E-state index is 0.0970. The standard InChI is InChI=1S/C25H27N3O/c29-25(28-17-15-27(16-18-28)20-21-11-13-26-14-12-21)19-24(22-7-3-1-4-8-22)23-9-5-2-6-10-23/h1-14,24H,15-20H2. The third-order valence-corrected chi connectivity index (χ3v) is 5.66. The van der Waals surface area contributed by atoms with E-state index in [-0.39, 0.29) is 11.8 Å². The Morgan fingerprint density at radius 2 is 1.34 bits per heavy atom. The van der Waals surface area contributed by atoms with E-state index in [1.54, 1.807) is 0 Å². The second-order valence-corrected chi connectivity index (χ2v) is 7.59. The second kappa shape index (κ2) is 9.48. The zero-order chi connectivity index (χ0) is 19.9. The van der Waals surface area contributed by atoms with Gasteiger partial charge in [0.1, 0.15) is 0 Å². The molecule has 0 saturated carbocycles. The Labute approximate surface area is 172 Å². The zero-order valence-electron chi connectivity index (χ0n) is 16.7. The van der Waals surface area contributed by atoms with Crippen molar-refractivity contribution in [3.05, 3.63) is 102 Å². The van der Waals surface area contributed by atoms with Gasteiger partial charge in [0.25, 0.3) is 0 Å². The quantitative estimate of drug-likeness (QED) is 0.645. The largest absolute Gasteiger partial charge is 0.340 e. The van der Waals surface area contributed by atoms with Gasteiger partial charge in [0.05, 0.1) is 0 Å². The Kier molecular flexibility index (Phi) is 6.32. The van der Waals surface area contributed by atoms with E-state index in [1.165, 1.54) is 16.7 Å². The topological polar surface area (TPSA) is 36.4 Å². The lowest BCUT2D eigenvalue weighted by Gasteiger charge is -2.35. The maximum absolute atomic E-state index is 13.1. The zero-order valence-corrected chi connectivity index (χ0v) is 16.7. The first-order valence-electron chi connectivity index (χ1n) is 10.3. The predicted octanol–water partition coefficient (Wildman–Crippen LogP) is 3.95. The Morgan fingerprint density at radius 3 is 1.90 bits per heavy atom. The Hall–Kier alpha value is -2.98.